The fourth-order valence-electron chi connectivity index (χ4n) is 1.93. The number of rotatable bonds is 2. The summed E-state index contributed by atoms with van der Waals surface area (Å²) in [4.78, 5) is 3.68. The molecule has 0 aliphatic carbocycles. The zero-order chi connectivity index (χ0) is 12.7. The van der Waals surface area contributed by atoms with E-state index in [1.807, 2.05) is 0 Å². The van der Waals surface area contributed by atoms with Crippen LogP contribution in [0.15, 0.2) is 40.9 Å². The fourth-order valence-corrected chi connectivity index (χ4v) is 5.51. The number of hydrogen-bond acceptors (Lipinski definition) is 2. The average molecular weight is 358 g/mol. The van der Waals surface area contributed by atoms with Gasteiger partial charge in [0.05, 0.1) is 0 Å². The Morgan fingerprint density at radius 3 is 2.61 bits per heavy atom. The number of aryl methyl sites for hydroxylation is 1. The van der Waals surface area contributed by atoms with E-state index >= 15 is 0 Å². The van der Waals surface area contributed by atoms with E-state index in [0.717, 1.165) is 4.47 Å². The van der Waals surface area contributed by atoms with Crippen LogP contribution in [0.1, 0.15) is 20.0 Å². The Morgan fingerprint density at radius 1 is 1.17 bits per heavy atom. The van der Waals surface area contributed by atoms with Gasteiger partial charge in [0.25, 0.3) is 0 Å². The summed E-state index contributed by atoms with van der Waals surface area (Å²) in [5.74, 6) is 0. The van der Waals surface area contributed by atoms with Crippen molar-refractivity contribution in [2.24, 2.45) is 0 Å². The van der Waals surface area contributed by atoms with E-state index in [0.29, 0.717) is 0 Å². The maximum absolute atomic E-state index is 6.61. The first-order valence-corrected chi connectivity index (χ1v) is 8.40. The quantitative estimate of drug-likeness (QED) is 0.468. The third kappa shape index (κ3) is 2.25. The summed E-state index contributed by atoms with van der Waals surface area (Å²) in [6.45, 7) is 2.10. The van der Waals surface area contributed by atoms with Crippen LogP contribution in [0, 0.1) is 6.92 Å². The van der Waals surface area contributed by atoms with Gasteiger partial charge in [-0.25, -0.2) is 0 Å². The molecule has 0 saturated carbocycles. The molecule has 1 aromatic carbocycles. The molecule has 0 spiro atoms. The van der Waals surface area contributed by atoms with Crippen LogP contribution in [0.25, 0.3) is 10.1 Å². The second kappa shape index (κ2) is 4.97. The molecule has 0 radical (unpaired) electrons. The van der Waals surface area contributed by atoms with E-state index in [9.17, 15) is 0 Å². The van der Waals surface area contributed by atoms with E-state index in [4.69, 9.17) is 11.6 Å². The molecular formula is C14H10BrClS2. The first-order chi connectivity index (χ1) is 8.65. The number of hydrogen-bond donors (Lipinski definition) is 0. The predicted molar refractivity (Wildman–Crippen MR) is 86.3 cm³/mol. The highest BCUT2D eigenvalue weighted by Crippen LogP contribution is 2.43. The molecule has 0 nitrogen and oxygen atoms in total. The molecule has 3 aromatic rings. The summed E-state index contributed by atoms with van der Waals surface area (Å²) in [7, 11) is 0. The molecular weight excluding hydrogens is 348 g/mol. The molecule has 1 atom stereocenters. The van der Waals surface area contributed by atoms with Gasteiger partial charge in [-0.2, -0.15) is 0 Å². The summed E-state index contributed by atoms with van der Waals surface area (Å²) in [6.07, 6.45) is 0. The highest BCUT2D eigenvalue weighted by Gasteiger charge is 2.18. The SMILES string of the molecule is Cc1cc(Br)c(C(Cl)c2cc3ccccc3s2)s1. The molecule has 2 aromatic heterocycles. The number of alkyl halides is 1. The third-order valence-corrected chi connectivity index (χ3v) is 6.69. The van der Waals surface area contributed by atoms with Crippen LogP contribution in [0.3, 0.4) is 0 Å². The van der Waals surface area contributed by atoms with Crippen LogP contribution in [-0.2, 0) is 0 Å². The zero-order valence-corrected chi connectivity index (χ0v) is 13.6. The smallest absolute Gasteiger partial charge is 0.103 e. The average Bonchev–Trinajstić information content (AvgIpc) is 2.91. The van der Waals surface area contributed by atoms with Crippen LogP contribution in [-0.4, -0.2) is 0 Å². The highest BCUT2D eigenvalue weighted by atomic mass is 79.9. The molecule has 18 heavy (non-hydrogen) atoms. The summed E-state index contributed by atoms with van der Waals surface area (Å²) < 4.78 is 2.41. The predicted octanol–water partition coefficient (Wildman–Crippen LogP) is 6.36. The summed E-state index contributed by atoms with van der Waals surface area (Å²) in [6, 6.07) is 12.7. The van der Waals surface area contributed by atoms with Gasteiger partial charge in [0.15, 0.2) is 0 Å². The van der Waals surface area contributed by atoms with Gasteiger partial charge in [-0.05, 0) is 46.4 Å². The lowest BCUT2D eigenvalue weighted by Gasteiger charge is -2.04. The Bertz CT molecular complexity index is 666. The number of thiophene rings is 2. The second-order valence-corrected chi connectivity index (χ2v) is 7.81. The third-order valence-electron chi connectivity index (χ3n) is 2.76. The van der Waals surface area contributed by atoms with Gasteiger partial charge in [-0.1, -0.05) is 18.2 Å². The minimum absolute atomic E-state index is 0.0597. The van der Waals surface area contributed by atoms with E-state index in [1.165, 1.54) is 24.7 Å². The minimum Gasteiger partial charge on any atom is -0.143 e. The van der Waals surface area contributed by atoms with E-state index in [-0.39, 0.29) is 5.38 Å². The molecule has 1 unspecified atom stereocenters. The minimum atomic E-state index is -0.0597. The lowest BCUT2D eigenvalue weighted by atomic mass is 10.2. The van der Waals surface area contributed by atoms with Crippen molar-refractivity contribution in [2.75, 3.05) is 0 Å². The van der Waals surface area contributed by atoms with Crippen molar-refractivity contribution in [3.05, 3.63) is 55.5 Å². The molecule has 4 heteroatoms. The Balaban J connectivity index is 2.06. The number of fused-ring (bicyclic) bond motifs is 1. The van der Waals surface area contributed by atoms with Gasteiger partial charge in [0, 0.05) is 23.8 Å². The van der Waals surface area contributed by atoms with Crippen LogP contribution < -0.4 is 0 Å². The molecule has 0 N–H and O–H groups in total. The summed E-state index contributed by atoms with van der Waals surface area (Å²) in [5.41, 5.74) is 0. The highest BCUT2D eigenvalue weighted by molar-refractivity contribution is 9.10. The maximum Gasteiger partial charge on any atom is 0.103 e. The van der Waals surface area contributed by atoms with Gasteiger partial charge >= 0.3 is 0 Å². The fraction of sp³-hybridized carbons (Fsp3) is 0.143. The largest absolute Gasteiger partial charge is 0.143 e. The standard InChI is InChI=1S/C14H10BrClS2/c1-8-6-10(15)14(17-8)13(16)12-7-9-4-2-3-5-11(9)18-12/h2-7,13H,1H3. The molecule has 2 heterocycles. The second-order valence-electron chi connectivity index (χ2n) is 4.12. The van der Waals surface area contributed by atoms with Gasteiger partial charge in [0.2, 0.25) is 0 Å². The number of halogens is 2. The maximum atomic E-state index is 6.61. The Hall–Kier alpha value is -0.350. The summed E-state index contributed by atoms with van der Waals surface area (Å²) >= 11 is 13.7. The monoisotopic (exact) mass is 356 g/mol. The zero-order valence-electron chi connectivity index (χ0n) is 9.61. The molecule has 3 rings (SSSR count). The van der Waals surface area contributed by atoms with Crippen molar-refractivity contribution in [2.45, 2.75) is 12.3 Å². The first-order valence-electron chi connectivity index (χ1n) is 5.53. The van der Waals surface area contributed by atoms with Crippen LogP contribution >= 0.6 is 50.2 Å². The van der Waals surface area contributed by atoms with Gasteiger partial charge in [0.1, 0.15) is 5.38 Å². The topological polar surface area (TPSA) is 0 Å². The molecule has 0 aliphatic heterocycles. The summed E-state index contributed by atoms with van der Waals surface area (Å²) in [5, 5.41) is 1.21. The van der Waals surface area contributed by atoms with Crippen molar-refractivity contribution in [3.63, 3.8) is 0 Å². The van der Waals surface area contributed by atoms with Crippen LogP contribution in [0.2, 0.25) is 0 Å². The van der Waals surface area contributed by atoms with Crippen molar-refractivity contribution in [3.8, 4) is 0 Å². The molecule has 92 valence electrons. The van der Waals surface area contributed by atoms with Gasteiger partial charge in [-0.3, -0.25) is 0 Å². The van der Waals surface area contributed by atoms with E-state index in [1.54, 1.807) is 22.7 Å². The van der Waals surface area contributed by atoms with Crippen molar-refractivity contribution < 1.29 is 0 Å². The van der Waals surface area contributed by atoms with Crippen LogP contribution in [0.4, 0.5) is 0 Å². The van der Waals surface area contributed by atoms with Gasteiger partial charge in [-0.15, -0.1) is 34.3 Å². The van der Waals surface area contributed by atoms with Crippen molar-refractivity contribution in [1.29, 1.82) is 0 Å². The van der Waals surface area contributed by atoms with Crippen LogP contribution in [0.5, 0.6) is 0 Å². The number of benzene rings is 1. The van der Waals surface area contributed by atoms with Crippen molar-refractivity contribution in [1.82, 2.24) is 0 Å². The molecule has 0 amide bonds. The normalized spacial score (nSPS) is 13.1. The Morgan fingerprint density at radius 2 is 1.94 bits per heavy atom. The lowest BCUT2D eigenvalue weighted by Crippen LogP contribution is -1.85. The molecule has 0 bridgehead atoms. The molecule has 0 saturated heterocycles. The lowest BCUT2D eigenvalue weighted by molar-refractivity contribution is 1.23. The van der Waals surface area contributed by atoms with E-state index in [2.05, 4.69) is 59.3 Å². The Labute approximate surface area is 127 Å². The van der Waals surface area contributed by atoms with Crippen molar-refractivity contribution >= 4 is 60.3 Å². The molecule has 0 fully saturated rings. The van der Waals surface area contributed by atoms with Gasteiger partial charge < -0.3 is 0 Å². The first kappa shape index (κ1) is 12.7. The Kier molecular flexibility index (Phi) is 3.50. The van der Waals surface area contributed by atoms with E-state index < -0.39 is 0 Å². The molecule has 0 aliphatic rings.